The number of hydrogen-bond donors (Lipinski definition) is 4. The van der Waals surface area contributed by atoms with Gasteiger partial charge in [-0.2, -0.15) is 10.1 Å². The molecule has 4 N–H and O–H groups in total. The van der Waals surface area contributed by atoms with Crippen molar-refractivity contribution in [1.29, 1.82) is 0 Å². The van der Waals surface area contributed by atoms with Gasteiger partial charge in [-0.3, -0.25) is 14.9 Å². The maximum absolute atomic E-state index is 13.0. The molecule has 3 aromatic rings. The van der Waals surface area contributed by atoms with Gasteiger partial charge in [-0.05, 0) is 25.0 Å². The van der Waals surface area contributed by atoms with Gasteiger partial charge in [0.1, 0.15) is 16.3 Å². The van der Waals surface area contributed by atoms with Gasteiger partial charge in [0, 0.05) is 36.8 Å². The first kappa shape index (κ1) is 20.8. The number of H-pyrrole nitrogens is 1. The third kappa shape index (κ3) is 4.13. The van der Waals surface area contributed by atoms with Crippen LogP contribution in [-0.2, 0) is 4.79 Å². The van der Waals surface area contributed by atoms with Crippen LogP contribution in [-0.4, -0.2) is 70.9 Å². The van der Waals surface area contributed by atoms with Crippen LogP contribution < -0.4 is 15.5 Å². The number of alkyl halides is 1. The van der Waals surface area contributed by atoms with Crippen LogP contribution in [0.25, 0.3) is 5.52 Å². The van der Waals surface area contributed by atoms with Gasteiger partial charge in [0.15, 0.2) is 16.8 Å². The molecule has 0 bridgehead atoms. The Bertz CT molecular complexity index is 1240. The van der Waals surface area contributed by atoms with Crippen LogP contribution in [0.2, 0.25) is 0 Å². The van der Waals surface area contributed by atoms with Crippen LogP contribution >= 0.6 is 23.4 Å². The second kappa shape index (κ2) is 8.19. The molecule has 1 saturated carbocycles. The van der Waals surface area contributed by atoms with E-state index in [1.54, 1.807) is 9.42 Å². The number of aromatic nitrogens is 5. The number of thioether (sulfide) groups is 1. The minimum Gasteiger partial charge on any atom is -0.391 e. The quantitative estimate of drug-likeness (QED) is 0.400. The van der Waals surface area contributed by atoms with Crippen molar-refractivity contribution in [3.63, 3.8) is 0 Å². The Kier molecular flexibility index (Phi) is 5.15. The molecule has 0 radical (unpaired) electrons. The lowest BCUT2D eigenvalue weighted by atomic mass is 10.2. The van der Waals surface area contributed by atoms with Gasteiger partial charge in [-0.25, -0.2) is 4.52 Å². The Morgan fingerprint density at radius 3 is 3.03 bits per heavy atom. The third-order valence-electron chi connectivity index (χ3n) is 5.93. The molecule has 3 aliphatic rings. The van der Waals surface area contributed by atoms with Crippen LogP contribution in [0.3, 0.4) is 0 Å². The zero-order valence-corrected chi connectivity index (χ0v) is 19.1. The average Bonchev–Trinajstić information content (AvgIpc) is 3.17. The molecule has 172 valence electrons. The highest BCUT2D eigenvalue weighted by Crippen LogP contribution is 2.39. The van der Waals surface area contributed by atoms with Crippen LogP contribution in [0.5, 0.6) is 0 Å². The number of β-amino-alcohol motifs (C(OH)–C–C–N with tert-alkyl or cyclic N) is 1. The smallest absolute Gasteiger partial charge is 0.248 e. The van der Waals surface area contributed by atoms with E-state index in [4.69, 9.17) is 16.6 Å². The molecule has 1 saturated heterocycles. The second-order valence-corrected chi connectivity index (χ2v) is 10.4. The van der Waals surface area contributed by atoms with E-state index in [9.17, 15) is 9.90 Å². The highest BCUT2D eigenvalue weighted by atomic mass is 35.5. The molecular formula is C20H22ClN9O2S. The van der Waals surface area contributed by atoms with Crippen molar-refractivity contribution in [3.8, 4) is 0 Å². The summed E-state index contributed by atoms with van der Waals surface area (Å²) >= 11 is 7.37. The minimum absolute atomic E-state index is 0.179. The number of fused-ring (bicyclic) bond motifs is 1. The van der Waals surface area contributed by atoms with E-state index in [0.717, 1.165) is 11.2 Å². The van der Waals surface area contributed by atoms with Gasteiger partial charge in [0.25, 0.3) is 0 Å². The average molecular weight is 488 g/mol. The van der Waals surface area contributed by atoms with Gasteiger partial charge in [-0.1, -0.05) is 11.8 Å². The lowest BCUT2D eigenvalue weighted by molar-refractivity contribution is -0.120. The van der Waals surface area contributed by atoms with Crippen LogP contribution in [0, 0.1) is 0 Å². The van der Waals surface area contributed by atoms with Crippen LogP contribution in [0.15, 0.2) is 29.4 Å². The predicted molar refractivity (Wildman–Crippen MR) is 126 cm³/mol. The van der Waals surface area contributed by atoms with Gasteiger partial charge in [-0.15, -0.1) is 16.7 Å². The summed E-state index contributed by atoms with van der Waals surface area (Å²) < 4.78 is 1.52. The molecular weight excluding hydrogens is 466 g/mol. The largest absolute Gasteiger partial charge is 0.391 e. The lowest BCUT2D eigenvalue weighted by Crippen LogP contribution is -2.45. The van der Waals surface area contributed by atoms with Gasteiger partial charge < -0.3 is 20.6 Å². The summed E-state index contributed by atoms with van der Waals surface area (Å²) in [5.74, 6) is 1.87. The van der Waals surface area contributed by atoms with Crippen molar-refractivity contribution in [2.24, 2.45) is 4.99 Å². The number of aromatic amines is 1. The van der Waals surface area contributed by atoms with E-state index in [1.165, 1.54) is 24.6 Å². The molecule has 6 rings (SSSR count). The summed E-state index contributed by atoms with van der Waals surface area (Å²) in [6, 6.07) is 5.14. The molecule has 0 aromatic carbocycles. The first-order valence-electron chi connectivity index (χ1n) is 10.8. The number of halogens is 1. The number of nitrogens with one attached hydrogen (secondary N) is 3. The number of rotatable bonds is 5. The molecule has 13 heteroatoms. The summed E-state index contributed by atoms with van der Waals surface area (Å²) in [7, 11) is 0. The van der Waals surface area contributed by atoms with Crippen LogP contribution in [0.4, 0.5) is 17.6 Å². The maximum atomic E-state index is 13.0. The fraction of sp³-hybridized carbons (Fsp3) is 0.450. The zero-order chi connectivity index (χ0) is 22.5. The molecule has 5 heterocycles. The van der Waals surface area contributed by atoms with E-state index in [1.807, 2.05) is 24.4 Å². The molecule has 3 atom stereocenters. The van der Waals surface area contributed by atoms with Crippen molar-refractivity contribution >= 4 is 57.5 Å². The Labute approximate surface area is 198 Å². The number of carbonyl (C=O) groups is 1. The fourth-order valence-corrected chi connectivity index (χ4v) is 5.18. The number of nitrogens with zero attached hydrogens (tertiary/aromatic N) is 6. The second-order valence-electron chi connectivity index (χ2n) is 8.43. The van der Waals surface area contributed by atoms with E-state index >= 15 is 0 Å². The van der Waals surface area contributed by atoms with Crippen molar-refractivity contribution in [2.75, 3.05) is 23.3 Å². The SMILES string of the molecule is O=C(NC1=NCC(Cl)S1)[C@@H]1C[C@H](O)CN1c1nc(Nc2cc(C3CC3)[nH]n2)c2cccn2n1. The lowest BCUT2D eigenvalue weighted by Gasteiger charge is -2.24. The Hall–Kier alpha value is -2.83. The van der Waals surface area contributed by atoms with Gasteiger partial charge >= 0.3 is 0 Å². The number of carbonyl (C=O) groups excluding carboxylic acids is 1. The summed E-state index contributed by atoms with van der Waals surface area (Å²) in [4.78, 5) is 23.7. The summed E-state index contributed by atoms with van der Waals surface area (Å²) in [5.41, 5.74) is 1.89. The minimum atomic E-state index is -0.674. The molecule has 1 amide bonds. The highest BCUT2D eigenvalue weighted by molar-refractivity contribution is 8.15. The van der Waals surface area contributed by atoms with E-state index in [0.29, 0.717) is 35.2 Å². The molecule has 33 heavy (non-hydrogen) atoms. The number of aliphatic hydroxyl groups excluding tert-OH is 1. The summed E-state index contributed by atoms with van der Waals surface area (Å²) in [6.45, 7) is 0.702. The van der Waals surface area contributed by atoms with Gasteiger partial charge in [0.05, 0.1) is 12.6 Å². The first-order chi connectivity index (χ1) is 16.0. The number of amides is 1. The van der Waals surface area contributed by atoms with E-state index in [2.05, 4.69) is 30.9 Å². The van der Waals surface area contributed by atoms with Gasteiger partial charge in [0.2, 0.25) is 11.9 Å². The Balaban J connectivity index is 1.28. The summed E-state index contributed by atoms with van der Waals surface area (Å²) in [5, 5.41) is 29.0. The Morgan fingerprint density at radius 2 is 2.24 bits per heavy atom. The monoisotopic (exact) mass is 487 g/mol. The number of anilines is 3. The van der Waals surface area contributed by atoms with Crippen molar-refractivity contribution in [2.45, 2.75) is 42.0 Å². The zero-order valence-electron chi connectivity index (χ0n) is 17.5. The first-order valence-corrected chi connectivity index (χ1v) is 12.1. The normalized spacial score (nSPS) is 25.0. The van der Waals surface area contributed by atoms with Crippen molar-refractivity contribution < 1.29 is 9.90 Å². The molecule has 1 unspecified atom stereocenters. The van der Waals surface area contributed by atoms with Crippen molar-refractivity contribution in [1.82, 2.24) is 30.1 Å². The molecule has 1 aliphatic carbocycles. The third-order valence-corrected chi connectivity index (χ3v) is 7.19. The number of amidine groups is 1. The predicted octanol–water partition coefficient (Wildman–Crippen LogP) is 1.80. The highest BCUT2D eigenvalue weighted by Gasteiger charge is 2.39. The van der Waals surface area contributed by atoms with Crippen molar-refractivity contribution in [3.05, 3.63) is 30.1 Å². The van der Waals surface area contributed by atoms with E-state index in [-0.39, 0.29) is 23.6 Å². The summed E-state index contributed by atoms with van der Waals surface area (Å²) in [6.07, 6.45) is 3.78. The van der Waals surface area contributed by atoms with Crippen LogP contribution in [0.1, 0.15) is 30.9 Å². The number of aliphatic imine (C=N–C) groups is 1. The maximum Gasteiger partial charge on any atom is 0.248 e. The fourth-order valence-electron chi connectivity index (χ4n) is 4.15. The molecule has 3 aromatic heterocycles. The molecule has 2 aliphatic heterocycles. The topological polar surface area (TPSA) is 136 Å². The molecule has 11 nitrogen and oxygen atoms in total. The number of hydrogen-bond acceptors (Lipinski definition) is 9. The molecule has 0 spiro atoms. The standard InChI is InChI=1S/C20H22ClN9O2S/c21-15-8-22-20(33-15)25-18(32)14-6-11(31)9-29(14)19-24-17(13-2-1-5-30(13)28-19)23-16-7-12(26-27-16)10-3-4-10/h1-2,5,7,10-11,14-15,31H,3-4,6,8-9H2,(H,22,25,32)(H2,23,24,26,27,28)/t11-,14-,15?/m0/s1. The Morgan fingerprint density at radius 1 is 1.36 bits per heavy atom. The number of aliphatic hydroxyl groups is 1. The molecule has 2 fully saturated rings. The van der Waals surface area contributed by atoms with E-state index < -0.39 is 12.1 Å².